The minimum Gasteiger partial charge on any atom is -0.498 e. The topological polar surface area (TPSA) is 62.6 Å². The van der Waals surface area contributed by atoms with Gasteiger partial charge in [-0.1, -0.05) is 41.9 Å². The average Bonchev–Trinajstić information content (AvgIpc) is 2.83. The van der Waals surface area contributed by atoms with Crippen molar-refractivity contribution in [3.8, 4) is 0 Å². The molecule has 1 aromatic heterocycles. The van der Waals surface area contributed by atoms with Gasteiger partial charge in [-0.05, 0) is 48.1 Å². The van der Waals surface area contributed by atoms with Crippen LogP contribution in [0.2, 0.25) is 5.02 Å². The number of hydrogen-bond acceptors (Lipinski definition) is 5. The summed E-state index contributed by atoms with van der Waals surface area (Å²) in [5.41, 5.74) is 1.97. The molecule has 0 radical (unpaired) electrons. The van der Waals surface area contributed by atoms with Crippen LogP contribution in [0.3, 0.4) is 0 Å². The molecule has 1 aliphatic carbocycles. The number of fused-ring (bicyclic) bond motifs is 1. The number of para-hydroxylation sites is 1. The monoisotopic (exact) mass is 450 g/mol. The van der Waals surface area contributed by atoms with Crippen LogP contribution < -0.4 is 5.56 Å². The SMILES string of the molecule is COC1=CC=C(n2c(/C=C/c3ccc(Cl)cc3)nc3ccccc3c2=O)C(OC)C1OC. The Labute approximate surface area is 191 Å². The van der Waals surface area contributed by atoms with E-state index in [4.69, 9.17) is 30.8 Å². The molecule has 164 valence electrons. The number of allylic oxidation sites excluding steroid dienone is 2. The van der Waals surface area contributed by atoms with Crippen molar-refractivity contribution in [2.24, 2.45) is 0 Å². The number of rotatable bonds is 6. The molecule has 3 aromatic rings. The lowest BCUT2D eigenvalue weighted by molar-refractivity contribution is -0.0159. The van der Waals surface area contributed by atoms with E-state index in [0.29, 0.717) is 33.2 Å². The molecule has 0 bridgehead atoms. The molecule has 2 atom stereocenters. The second kappa shape index (κ2) is 9.53. The summed E-state index contributed by atoms with van der Waals surface area (Å²) in [6, 6.07) is 14.7. The number of ether oxygens (including phenoxy) is 3. The normalized spacial score (nSPS) is 18.6. The van der Waals surface area contributed by atoms with E-state index in [2.05, 4.69) is 0 Å². The van der Waals surface area contributed by atoms with Crippen molar-refractivity contribution in [1.82, 2.24) is 9.55 Å². The van der Waals surface area contributed by atoms with Crippen LogP contribution in [-0.4, -0.2) is 43.1 Å². The molecule has 0 N–H and O–H groups in total. The van der Waals surface area contributed by atoms with E-state index in [-0.39, 0.29) is 5.56 Å². The smallest absolute Gasteiger partial charge is 0.266 e. The van der Waals surface area contributed by atoms with Gasteiger partial charge in [0.15, 0.2) is 0 Å². The molecule has 2 aromatic carbocycles. The highest BCUT2D eigenvalue weighted by molar-refractivity contribution is 6.30. The highest BCUT2D eigenvalue weighted by Gasteiger charge is 2.34. The van der Waals surface area contributed by atoms with Crippen LogP contribution in [0.4, 0.5) is 0 Å². The highest BCUT2D eigenvalue weighted by atomic mass is 35.5. The fraction of sp³-hybridized carbons (Fsp3) is 0.200. The third-order valence-corrected chi connectivity index (χ3v) is 5.62. The Morgan fingerprint density at radius 1 is 0.938 bits per heavy atom. The van der Waals surface area contributed by atoms with Gasteiger partial charge in [-0.15, -0.1) is 0 Å². The van der Waals surface area contributed by atoms with Gasteiger partial charge in [-0.2, -0.15) is 0 Å². The third kappa shape index (κ3) is 4.12. The van der Waals surface area contributed by atoms with Crippen LogP contribution in [0, 0.1) is 0 Å². The minimum atomic E-state index is -0.566. The minimum absolute atomic E-state index is 0.191. The van der Waals surface area contributed by atoms with Gasteiger partial charge < -0.3 is 14.2 Å². The Balaban J connectivity index is 1.93. The first kappa shape index (κ1) is 22.0. The standard InChI is InChI=1S/C25H23ClN2O4/c1-30-21-14-13-20(23(31-2)24(21)32-3)28-22(15-10-16-8-11-17(26)12-9-16)27-19-7-5-4-6-18(19)25(28)29/h4-15,23-24H,1-3H3/b15-10+. The predicted molar refractivity (Wildman–Crippen MR) is 127 cm³/mol. The van der Waals surface area contributed by atoms with E-state index in [9.17, 15) is 4.79 Å². The van der Waals surface area contributed by atoms with E-state index in [0.717, 1.165) is 5.56 Å². The van der Waals surface area contributed by atoms with Crippen molar-refractivity contribution in [2.45, 2.75) is 12.2 Å². The van der Waals surface area contributed by atoms with Crippen LogP contribution in [0.15, 0.2) is 71.2 Å². The lowest BCUT2D eigenvalue weighted by Gasteiger charge is -2.31. The van der Waals surface area contributed by atoms with Crippen molar-refractivity contribution in [3.63, 3.8) is 0 Å². The fourth-order valence-corrected chi connectivity index (χ4v) is 3.91. The molecule has 1 aliphatic rings. The molecular formula is C25H23ClN2O4. The first-order valence-electron chi connectivity index (χ1n) is 10.0. The van der Waals surface area contributed by atoms with Crippen LogP contribution >= 0.6 is 11.6 Å². The summed E-state index contributed by atoms with van der Waals surface area (Å²) in [6.07, 6.45) is 6.22. The molecule has 0 amide bonds. The van der Waals surface area contributed by atoms with Crippen LogP contribution in [0.1, 0.15) is 11.4 Å². The maximum Gasteiger partial charge on any atom is 0.266 e. The zero-order valence-electron chi connectivity index (χ0n) is 18.0. The summed E-state index contributed by atoms with van der Waals surface area (Å²) in [5.74, 6) is 1.09. The maximum atomic E-state index is 13.6. The van der Waals surface area contributed by atoms with Gasteiger partial charge in [0.2, 0.25) is 0 Å². The molecule has 1 heterocycles. The second-order valence-corrected chi connectivity index (χ2v) is 7.63. The van der Waals surface area contributed by atoms with Crippen molar-refractivity contribution < 1.29 is 14.2 Å². The van der Waals surface area contributed by atoms with Gasteiger partial charge in [0.1, 0.15) is 23.8 Å². The summed E-state index contributed by atoms with van der Waals surface area (Å²) >= 11 is 5.99. The summed E-state index contributed by atoms with van der Waals surface area (Å²) < 4.78 is 18.4. The quantitative estimate of drug-likeness (QED) is 0.547. The molecule has 0 spiro atoms. The number of hydrogen-bond donors (Lipinski definition) is 0. The number of methoxy groups -OCH3 is 3. The number of nitrogens with zero attached hydrogens (tertiary/aromatic N) is 2. The molecule has 0 aliphatic heterocycles. The predicted octanol–water partition coefficient (Wildman–Crippen LogP) is 4.64. The van der Waals surface area contributed by atoms with Gasteiger partial charge >= 0.3 is 0 Å². The van der Waals surface area contributed by atoms with E-state index in [1.54, 1.807) is 44.1 Å². The van der Waals surface area contributed by atoms with Crippen molar-refractivity contribution in [3.05, 3.63) is 93.2 Å². The first-order chi connectivity index (χ1) is 15.6. The summed E-state index contributed by atoms with van der Waals surface area (Å²) in [7, 11) is 4.73. The van der Waals surface area contributed by atoms with Crippen LogP contribution in [-0.2, 0) is 14.2 Å². The number of halogens is 1. The summed E-state index contributed by atoms with van der Waals surface area (Å²) in [6.45, 7) is 0. The van der Waals surface area contributed by atoms with Crippen LogP contribution in [0.5, 0.6) is 0 Å². The highest BCUT2D eigenvalue weighted by Crippen LogP contribution is 2.29. The largest absolute Gasteiger partial charge is 0.498 e. The molecule has 4 rings (SSSR count). The van der Waals surface area contributed by atoms with Crippen molar-refractivity contribution >= 4 is 40.4 Å². The fourth-order valence-electron chi connectivity index (χ4n) is 3.79. The Bertz CT molecular complexity index is 1280. The zero-order chi connectivity index (χ0) is 22.7. The van der Waals surface area contributed by atoms with Gasteiger partial charge in [0.25, 0.3) is 5.56 Å². The number of aromatic nitrogens is 2. The summed E-state index contributed by atoms with van der Waals surface area (Å²) in [4.78, 5) is 18.4. The van der Waals surface area contributed by atoms with Gasteiger partial charge in [0, 0.05) is 19.2 Å². The summed E-state index contributed by atoms with van der Waals surface area (Å²) in [5, 5.41) is 1.17. The zero-order valence-corrected chi connectivity index (χ0v) is 18.7. The van der Waals surface area contributed by atoms with E-state index < -0.39 is 12.2 Å². The van der Waals surface area contributed by atoms with Crippen molar-refractivity contribution in [1.29, 1.82) is 0 Å². The lowest BCUT2D eigenvalue weighted by atomic mass is 10.0. The molecule has 7 heteroatoms. The molecule has 0 fully saturated rings. The molecule has 2 unspecified atom stereocenters. The van der Waals surface area contributed by atoms with Gasteiger partial charge in [0.05, 0.1) is 23.7 Å². The molecule has 0 saturated heterocycles. The second-order valence-electron chi connectivity index (χ2n) is 7.19. The van der Waals surface area contributed by atoms with E-state index >= 15 is 0 Å². The van der Waals surface area contributed by atoms with Gasteiger partial charge in [-0.25, -0.2) is 4.98 Å². The molecular weight excluding hydrogens is 428 g/mol. The Hall–Kier alpha value is -3.19. The van der Waals surface area contributed by atoms with Gasteiger partial charge in [-0.3, -0.25) is 9.36 Å². The molecule has 0 saturated carbocycles. The Kier molecular flexibility index (Phi) is 6.55. The van der Waals surface area contributed by atoms with Crippen molar-refractivity contribution in [2.75, 3.05) is 21.3 Å². The van der Waals surface area contributed by atoms with Crippen LogP contribution in [0.25, 0.3) is 28.8 Å². The molecule has 6 nitrogen and oxygen atoms in total. The first-order valence-corrected chi connectivity index (χ1v) is 10.4. The molecule has 32 heavy (non-hydrogen) atoms. The van der Waals surface area contributed by atoms with E-state index in [1.165, 1.54) is 0 Å². The Morgan fingerprint density at radius 3 is 2.34 bits per heavy atom. The number of benzene rings is 2. The Morgan fingerprint density at radius 2 is 1.66 bits per heavy atom. The third-order valence-electron chi connectivity index (χ3n) is 5.36. The average molecular weight is 451 g/mol. The maximum absolute atomic E-state index is 13.6. The lowest BCUT2D eigenvalue weighted by Crippen LogP contribution is -2.40. The van der Waals surface area contributed by atoms with E-state index in [1.807, 2.05) is 54.6 Å².